The van der Waals surface area contributed by atoms with Gasteiger partial charge in [-0.25, -0.2) is 9.59 Å². The normalized spacial score (nSPS) is 10.8. The summed E-state index contributed by atoms with van der Waals surface area (Å²) in [7, 11) is 0. The van der Waals surface area contributed by atoms with Crippen molar-refractivity contribution >= 4 is 29.8 Å². The third-order valence-corrected chi connectivity index (χ3v) is 5.51. The average Bonchev–Trinajstić information content (AvgIpc) is 2.89. The van der Waals surface area contributed by atoms with Crippen molar-refractivity contribution in [2.45, 2.75) is 72.3 Å². The van der Waals surface area contributed by atoms with Gasteiger partial charge in [0.25, 0.3) is 0 Å². The van der Waals surface area contributed by atoms with Gasteiger partial charge in [-0.2, -0.15) is 0 Å². The maximum absolute atomic E-state index is 12.2. The SMILES string of the molecule is CC(C)(C)c1ccc(OC(=O)c2ccccc2O)cc1.CCOC(=O)CC(CC(=O)OCC)(OC(C)=O)C(=O)OCC. The van der Waals surface area contributed by atoms with Gasteiger partial charge in [-0.15, -0.1) is 0 Å². The number of hydrogen-bond acceptors (Lipinski definition) is 11. The van der Waals surface area contributed by atoms with Gasteiger partial charge < -0.3 is 28.8 Å². The van der Waals surface area contributed by atoms with E-state index in [9.17, 15) is 29.1 Å². The van der Waals surface area contributed by atoms with Crippen LogP contribution in [0.2, 0.25) is 0 Å². The lowest BCUT2D eigenvalue weighted by Gasteiger charge is -2.28. The molecule has 0 amide bonds. The Hall–Kier alpha value is -4.41. The summed E-state index contributed by atoms with van der Waals surface area (Å²) in [4.78, 5) is 58.8. The fraction of sp³-hybridized carbons (Fsp3) is 0.452. The minimum Gasteiger partial charge on any atom is -0.507 e. The van der Waals surface area contributed by atoms with Gasteiger partial charge in [0, 0.05) is 6.92 Å². The summed E-state index contributed by atoms with van der Waals surface area (Å²) in [5.41, 5.74) is -0.701. The molecule has 11 nitrogen and oxygen atoms in total. The first-order chi connectivity index (χ1) is 19.7. The van der Waals surface area contributed by atoms with Crippen molar-refractivity contribution in [3.63, 3.8) is 0 Å². The minimum absolute atomic E-state index is 0.00645. The Kier molecular flexibility index (Phi) is 14.2. The molecule has 0 unspecified atom stereocenters. The summed E-state index contributed by atoms with van der Waals surface area (Å²) in [6.45, 7) is 12.3. The van der Waals surface area contributed by atoms with Gasteiger partial charge in [0.15, 0.2) is 0 Å². The van der Waals surface area contributed by atoms with Crippen molar-refractivity contribution in [3.8, 4) is 11.5 Å². The Morgan fingerprint density at radius 3 is 1.67 bits per heavy atom. The van der Waals surface area contributed by atoms with Gasteiger partial charge in [0.05, 0.1) is 32.7 Å². The van der Waals surface area contributed by atoms with E-state index in [1.54, 1.807) is 45.0 Å². The lowest BCUT2D eigenvalue weighted by molar-refractivity contribution is -0.190. The van der Waals surface area contributed by atoms with Gasteiger partial charge in [-0.3, -0.25) is 14.4 Å². The quantitative estimate of drug-likeness (QED) is 0.221. The highest BCUT2D eigenvalue weighted by atomic mass is 16.6. The lowest BCUT2D eigenvalue weighted by atomic mass is 9.87. The van der Waals surface area contributed by atoms with E-state index in [-0.39, 0.29) is 36.5 Å². The Balaban J connectivity index is 0.000000421. The van der Waals surface area contributed by atoms with Gasteiger partial charge >= 0.3 is 29.8 Å². The molecule has 11 heteroatoms. The zero-order chi connectivity index (χ0) is 31.9. The highest BCUT2D eigenvalue weighted by molar-refractivity contribution is 5.94. The second-order valence-electron chi connectivity index (χ2n) is 9.95. The zero-order valence-electron chi connectivity index (χ0n) is 25.2. The second-order valence-corrected chi connectivity index (χ2v) is 9.95. The predicted molar refractivity (Wildman–Crippen MR) is 152 cm³/mol. The monoisotopic (exact) mass is 588 g/mol. The van der Waals surface area contributed by atoms with Crippen LogP contribution in [0, 0.1) is 0 Å². The van der Waals surface area contributed by atoms with E-state index in [1.165, 1.54) is 17.7 Å². The van der Waals surface area contributed by atoms with Gasteiger partial charge in [0.2, 0.25) is 5.60 Å². The van der Waals surface area contributed by atoms with Crippen LogP contribution in [-0.2, 0) is 43.5 Å². The number of phenols is 1. The number of aromatic hydroxyl groups is 1. The predicted octanol–water partition coefficient (Wildman–Crippen LogP) is 4.67. The number of ether oxygens (including phenoxy) is 5. The van der Waals surface area contributed by atoms with E-state index in [0.29, 0.717) is 5.75 Å². The molecule has 2 aromatic carbocycles. The van der Waals surface area contributed by atoms with Crippen LogP contribution < -0.4 is 4.74 Å². The van der Waals surface area contributed by atoms with E-state index < -0.39 is 48.3 Å². The van der Waals surface area contributed by atoms with Gasteiger partial charge in [0.1, 0.15) is 17.1 Å². The van der Waals surface area contributed by atoms with Gasteiger partial charge in [-0.1, -0.05) is 45.0 Å². The maximum atomic E-state index is 12.2. The van der Waals surface area contributed by atoms with Crippen LogP contribution in [0.1, 0.15) is 77.2 Å². The van der Waals surface area contributed by atoms with E-state index in [1.807, 2.05) is 12.1 Å². The van der Waals surface area contributed by atoms with Gasteiger partial charge in [-0.05, 0) is 56.0 Å². The number of benzene rings is 2. The molecule has 0 saturated heterocycles. The first-order valence-corrected chi connectivity index (χ1v) is 13.5. The van der Waals surface area contributed by atoms with E-state index in [0.717, 1.165) is 6.92 Å². The number of hydrogen-bond donors (Lipinski definition) is 1. The smallest absolute Gasteiger partial charge is 0.351 e. The molecule has 0 spiro atoms. The summed E-state index contributed by atoms with van der Waals surface area (Å²) in [6, 6.07) is 13.7. The topological polar surface area (TPSA) is 152 Å². The minimum atomic E-state index is -2.08. The molecule has 0 bridgehead atoms. The molecule has 42 heavy (non-hydrogen) atoms. The van der Waals surface area contributed by atoms with Crippen molar-refractivity contribution in [1.82, 2.24) is 0 Å². The molecular formula is C31H40O11. The largest absolute Gasteiger partial charge is 0.507 e. The molecule has 0 fully saturated rings. The molecule has 2 rings (SSSR count). The van der Waals surface area contributed by atoms with E-state index in [2.05, 4.69) is 20.8 Å². The molecule has 0 atom stereocenters. The molecular weight excluding hydrogens is 548 g/mol. The first kappa shape index (κ1) is 35.6. The fourth-order valence-electron chi connectivity index (χ4n) is 3.58. The van der Waals surface area contributed by atoms with E-state index in [4.69, 9.17) is 23.7 Å². The zero-order valence-corrected chi connectivity index (χ0v) is 25.2. The molecule has 0 saturated carbocycles. The molecule has 1 N–H and O–H groups in total. The number of para-hydroxylation sites is 1. The summed E-state index contributed by atoms with van der Waals surface area (Å²) >= 11 is 0. The third kappa shape index (κ3) is 11.6. The third-order valence-electron chi connectivity index (χ3n) is 5.51. The summed E-state index contributed by atoms with van der Waals surface area (Å²) < 4.78 is 24.6. The highest BCUT2D eigenvalue weighted by Crippen LogP contribution is 2.26. The highest BCUT2D eigenvalue weighted by Gasteiger charge is 2.48. The second kappa shape index (κ2) is 16.8. The summed E-state index contributed by atoms with van der Waals surface area (Å²) in [5, 5.41) is 9.61. The molecule has 230 valence electrons. The standard InChI is InChI=1S/C17H18O3.C14H22O8/c1-17(2,3)12-8-10-13(11-9-12)20-16(19)14-6-4-5-7-15(14)18;1-5-19-11(16)8-14(22-10(4)15,13(18)21-7-3)9-12(17)20-6-2/h4-11,18H,1-3H3;5-9H2,1-4H3. The van der Waals surface area contributed by atoms with Crippen molar-refractivity contribution in [3.05, 3.63) is 59.7 Å². The lowest BCUT2D eigenvalue weighted by Crippen LogP contribution is -2.48. The molecule has 0 aromatic heterocycles. The number of phenolic OH excluding ortho intramolecular Hbond substituents is 1. The molecule has 0 aliphatic heterocycles. The molecule has 2 aromatic rings. The number of carbonyl (C=O) groups excluding carboxylic acids is 5. The van der Waals surface area contributed by atoms with Crippen LogP contribution >= 0.6 is 0 Å². The van der Waals surface area contributed by atoms with Crippen molar-refractivity contribution in [2.75, 3.05) is 19.8 Å². The summed E-state index contributed by atoms with van der Waals surface area (Å²) in [5.74, 6) is -3.59. The van der Waals surface area contributed by atoms with Crippen LogP contribution in [0.25, 0.3) is 0 Å². The van der Waals surface area contributed by atoms with Crippen molar-refractivity contribution in [2.24, 2.45) is 0 Å². The van der Waals surface area contributed by atoms with Crippen LogP contribution in [0.4, 0.5) is 0 Å². The Labute approximate surface area is 246 Å². The van der Waals surface area contributed by atoms with Crippen LogP contribution in [-0.4, -0.2) is 60.4 Å². The fourth-order valence-corrected chi connectivity index (χ4v) is 3.58. The molecule has 0 heterocycles. The number of rotatable bonds is 11. The molecule has 0 aliphatic rings. The maximum Gasteiger partial charge on any atom is 0.351 e. The van der Waals surface area contributed by atoms with Crippen LogP contribution in [0.5, 0.6) is 11.5 Å². The number of esters is 5. The van der Waals surface area contributed by atoms with E-state index >= 15 is 0 Å². The molecule has 0 radical (unpaired) electrons. The summed E-state index contributed by atoms with van der Waals surface area (Å²) in [6.07, 6.45) is -1.25. The van der Waals surface area contributed by atoms with Crippen molar-refractivity contribution < 1.29 is 52.8 Å². The average molecular weight is 589 g/mol. The Morgan fingerprint density at radius 1 is 0.738 bits per heavy atom. The Morgan fingerprint density at radius 2 is 1.24 bits per heavy atom. The van der Waals surface area contributed by atoms with Crippen LogP contribution in [0.3, 0.4) is 0 Å². The first-order valence-electron chi connectivity index (χ1n) is 13.5. The van der Waals surface area contributed by atoms with Crippen molar-refractivity contribution in [1.29, 1.82) is 0 Å². The Bertz CT molecular complexity index is 1190. The molecule has 0 aliphatic carbocycles. The van der Waals surface area contributed by atoms with Crippen LogP contribution in [0.15, 0.2) is 48.5 Å². The number of carbonyl (C=O) groups is 5.